The summed E-state index contributed by atoms with van der Waals surface area (Å²) in [5, 5.41) is 0. The summed E-state index contributed by atoms with van der Waals surface area (Å²) in [4.78, 5) is 6.19. The summed E-state index contributed by atoms with van der Waals surface area (Å²) in [6, 6.07) is 0. The van der Waals surface area contributed by atoms with Gasteiger partial charge in [-0.25, -0.2) is 0 Å². The van der Waals surface area contributed by atoms with E-state index in [1.54, 1.807) is 33.6 Å². The van der Waals surface area contributed by atoms with Gasteiger partial charge in [0.2, 0.25) is 0 Å². The third kappa shape index (κ3) is 30.2. The molecule has 0 aromatic carbocycles. The summed E-state index contributed by atoms with van der Waals surface area (Å²) >= 11 is 1.61. The predicted octanol–water partition coefficient (Wildman–Crippen LogP) is 5.14. The fraction of sp³-hybridized carbons (Fsp3) is 0.583. The van der Waals surface area contributed by atoms with E-state index in [2.05, 4.69) is 53.5 Å². The van der Waals surface area contributed by atoms with Crippen LogP contribution in [0.5, 0.6) is 0 Å². The average Bonchev–Trinajstić information content (AvgIpc) is 2.99. The molecule has 161 valence electrons. The molecule has 1 aliphatic carbocycles. The summed E-state index contributed by atoms with van der Waals surface area (Å²) in [6.45, 7) is 15.8. The molecule has 0 bridgehead atoms. The van der Waals surface area contributed by atoms with E-state index >= 15 is 0 Å². The van der Waals surface area contributed by atoms with Gasteiger partial charge in [-0.15, -0.1) is 19.7 Å². The van der Waals surface area contributed by atoms with Crippen LogP contribution in [0.2, 0.25) is 0 Å². The van der Waals surface area contributed by atoms with Crippen molar-refractivity contribution in [3.8, 4) is 0 Å². The summed E-state index contributed by atoms with van der Waals surface area (Å²) in [5.74, 6) is 0. The van der Waals surface area contributed by atoms with Gasteiger partial charge in [-0.2, -0.15) is 0 Å². The first-order valence-electron chi connectivity index (χ1n) is 10.0. The van der Waals surface area contributed by atoms with Crippen LogP contribution in [0.3, 0.4) is 0 Å². The third-order valence-electron chi connectivity index (χ3n) is 3.31. The van der Waals surface area contributed by atoms with E-state index in [1.165, 1.54) is 25.7 Å². The SMILES string of the molecule is C=CCN(C)C.C=CCN(C)C.C=CCN(C)C.CCCCC1=[C]([Zr])CC=C1. The second-order valence-electron chi connectivity index (χ2n) is 7.37. The molecule has 0 aliphatic heterocycles. The van der Waals surface area contributed by atoms with E-state index in [0.29, 0.717) is 0 Å². The molecular formula is C24H46N3Zr. The van der Waals surface area contributed by atoms with Crippen molar-refractivity contribution < 1.29 is 24.7 Å². The number of unbranched alkanes of at least 4 members (excludes halogenated alkanes) is 1. The standard InChI is InChI=1S/C9H13.3C5H11N.Zr/c1-2-3-6-9-7-4-5-8-9;3*1-4-5-6(2)3;/h4,7H,2-3,5-6H2,1H3;3*4H,1,5H2,2-3H3;. The van der Waals surface area contributed by atoms with Gasteiger partial charge >= 0.3 is 78.3 Å². The summed E-state index contributed by atoms with van der Waals surface area (Å²) in [7, 11) is 12.1. The quantitative estimate of drug-likeness (QED) is 0.435. The number of nitrogens with zero attached hydrogens (tertiary/aromatic N) is 3. The normalized spacial score (nSPS) is 11.9. The molecule has 0 saturated heterocycles. The van der Waals surface area contributed by atoms with Crippen LogP contribution in [-0.4, -0.2) is 76.6 Å². The first kappa shape index (κ1) is 32.1. The number of hydrogen-bond donors (Lipinski definition) is 0. The molecule has 0 N–H and O–H groups in total. The van der Waals surface area contributed by atoms with Crippen molar-refractivity contribution >= 4 is 0 Å². The molecule has 0 radical (unpaired) electrons. The Morgan fingerprint density at radius 2 is 1.25 bits per heavy atom. The Morgan fingerprint density at radius 3 is 1.43 bits per heavy atom. The van der Waals surface area contributed by atoms with Crippen LogP contribution in [-0.2, 0) is 24.7 Å². The molecule has 0 atom stereocenters. The second kappa shape index (κ2) is 24.5. The van der Waals surface area contributed by atoms with Crippen LogP contribution >= 0.6 is 0 Å². The fourth-order valence-corrected chi connectivity index (χ4v) is 2.73. The molecule has 0 amide bonds. The van der Waals surface area contributed by atoms with Crippen LogP contribution in [0.4, 0.5) is 0 Å². The Balaban J connectivity index is -0.000000309. The average molecular weight is 468 g/mol. The molecule has 0 aromatic heterocycles. The number of hydrogen-bond acceptors (Lipinski definition) is 3. The molecule has 3 nitrogen and oxygen atoms in total. The van der Waals surface area contributed by atoms with Gasteiger partial charge in [0.05, 0.1) is 0 Å². The third-order valence-corrected chi connectivity index (χ3v) is 4.60. The van der Waals surface area contributed by atoms with Crippen molar-refractivity contribution in [3.63, 3.8) is 0 Å². The number of allylic oxidation sites excluding steroid dienone is 4. The van der Waals surface area contributed by atoms with E-state index in [-0.39, 0.29) is 0 Å². The minimum atomic E-state index is 0.972. The maximum absolute atomic E-state index is 3.56. The van der Waals surface area contributed by atoms with Gasteiger partial charge in [-0.05, 0) is 42.3 Å². The van der Waals surface area contributed by atoms with Gasteiger partial charge in [0, 0.05) is 19.6 Å². The van der Waals surface area contributed by atoms with Crippen molar-refractivity contribution in [2.45, 2.75) is 32.6 Å². The molecule has 0 heterocycles. The van der Waals surface area contributed by atoms with Gasteiger partial charge < -0.3 is 14.7 Å². The molecule has 0 unspecified atom stereocenters. The summed E-state index contributed by atoms with van der Waals surface area (Å²) in [6.07, 6.45) is 15.4. The Kier molecular flexibility index (Phi) is 28.1. The van der Waals surface area contributed by atoms with Gasteiger partial charge in [-0.3, -0.25) is 0 Å². The number of likely N-dealkylation sites (N-methyl/N-ethyl adjacent to an activating group) is 3. The molecular weight excluding hydrogens is 422 g/mol. The Morgan fingerprint density at radius 1 is 0.857 bits per heavy atom. The van der Waals surface area contributed by atoms with Crippen molar-refractivity contribution in [2.24, 2.45) is 0 Å². The van der Waals surface area contributed by atoms with Crippen LogP contribution in [0.15, 0.2) is 59.0 Å². The summed E-state index contributed by atoms with van der Waals surface area (Å²) < 4.78 is 1.67. The summed E-state index contributed by atoms with van der Waals surface area (Å²) in [5.41, 5.74) is 1.63. The first-order valence-corrected chi connectivity index (χ1v) is 11.3. The molecule has 0 fully saturated rings. The monoisotopic (exact) mass is 466 g/mol. The molecule has 1 aliphatic rings. The molecule has 4 heteroatoms. The Bertz CT molecular complexity index is 402. The van der Waals surface area contributed by atoms with Crippen LogP contribution in [0.25, 0.3) is 0 Å². The maximum atomic E-state index is 3.56. The fourth-order valence-electron chi connectivity index (χ4n) is 1.93. The van der Waals surface area contributed by atoms with Crippen molar-refractivity contribution in [1.29, 1.82) is 0 Å². The zero-order valence-corrected chi connectivity index (χ0v) is 22.3. The van der Waals surface area contributed by atoms with E-state index in [9.17, 15) is 0 Å². The van der Waals surface area contributed by atoms with Gasteiger partial charge in [0.15, 0.2) is 0 Å². The molecule has 28 heavy (non-hydrogen) atoms. The minimum absolute atomic E-state index is 0.972. The van der Waals surface area contributed by atoms with Crippen LogP contribution in [0.1, 0.15) is 32.6 Å². The van der Waals surface area contributed by atoms with E-state index in [1.807, 2.05) is 60.5 Å². The Labute approximate surface area is 192 Å². The van der Waals surface area contributed by atoms with E-state index in [4.69, 9.17) is 0 Å². The number of rotatable bonds is 9. The van der Waals surface area contributed by atoms with Crippen molar-refractivity contribution in [3.05, 3.63) is 59.0 Å². The van der Waals surface area contributed by atoms with Gasteiger partial charge in [-0.1, -0.05) is 18.2 Å². The van der Waals surface area contributed by atoms with Crippen LogP contribution in [0, 0.1) is 0 Å². The van der Waals surface area contributed by atoms with Gasteiger partial charge in [0.1, 0.15) is 0 Å². The molecule has 0 spiro atoms. The van der Waals surface area contributed by atoms with Crippen molar-refractivity contribution in [1.82, 2.24) is 14.7 Å². The zero-order valence-electron chi connectivity index (χ0n) is 19.8. The van der Waals surface area contributed by atoms with Gasteiger partial charge in [0.25, 0.3) is 0 Å². The topological polar surface area (TPSA) is 9.72 Å². The molecule has 0 saturated carbocycles. The predicted molar refractivity (Wildman–Crippen MR) is 127 cm³/mol. The Hall–Kier alpha value is -0.537. The molecule has 0 aromatic rings. The first-order chi connectivity index (χ1) is 13.2. The van der Waals surface area contributed by atoms with Crippen LogP contribution < -0.4 is 0 Å². The second-order valence-corrected chi connectivity index (χ2v) is 8.85. The van der Waals surface area contributed by atoms with Crippen molar-refractivity contribution in [2.75, 3.05) is 61.9 Å². The molecule has 1 rings (SSSR count). The van der Waals surface area contributed by atoms with E-state index < -0.39 is 0 Å². The zero-order chi connectivity index (χ0) is 22.4. The van der Waals surface area contributed by atoms with E-state index in [0.717, 1.165) is 19.6 Å².